The topological polar surface area (TPSA) is 163 Å². The molecule has 0 aromatic carbocycles. The van der Waals surface area contributed by atoms with Crippen LogP contribution < -0.4 is 21.3 Å². The number of anilines is 2. The first-order valence-electron chi connectivity index (χ1n) is 17.3. The van der Waals surface area contributed by atoms with Gasteiger partial charge in [-0.2, -0.15) is 0 Å². The van der Waals surface area contributed by atoms with Crippen molar-refractivity contribution in [3.05, 3.63) is 89.8 Å². The van der Waals surface area contributed by atoms with E-state index in [9.17, 15) is 9.59 Å². The molecule has 0 bridgehead atoms. The monoisotopic (exact) mass is 674 g/mol. The molecule has 0 aliphatic carbocycles. The van der Waals surface area contributed by atoms with E-state index in [2.05, 4.69) is 50.3 Å². The zero-order valence-electron chi connectivity index (χ0n) is 28.1. The van der Waals surface area contributed by atoms with Crippen LogP contribution in [0.25, 0.3) is 27.8 Å². The third-order valence-corrected chi connectivity index (χ3v) is 9.78. The molecule has 4 amide bonds. The van der Waals surface area contributed by atoms with Crippen LogP contribution >= 0.6 is 0 Å². The first-order chi connectivity index (χ1) is 24.4. The number of primary amides is 2. The van der Waals surface area contributed by atoms with E-state index >= 15 is 0 Å². The van der Waals surface area contributed by atoms with Crippen LogP contribution in [0.2, 0.25) is 0 Å². The summed E-state index contributed by atoms with van der Waals surface area (Å²) in [4.78, 5) is 44.1. The SMILES string of the molecule is NC(=O)N1CCCc2cc(-c3cncc(C4=CCOCC4)c3)cnc21.NC(=O)N1CCCc2cc(-c3cncc(C4CCOCC4)c3)cnc21. The molecular formula is C38H42N8O4. The third kappa shape index (κ3) is 7.36. The van der Waals surface area contributed by atoms with E-state index in [0.717, 1.165) is 104 Å². The lowest BCUT2D eigenvalue weighted by atomic mass is 9.91. The summed E-state index contributed by atoms with van der Waals surface area (Å²) in [7, 11) is 0. The number of carbonyl (C=O) groups is 2. The summed E-state index contributed by atoms with van der Waals surface area (Å²) >= 11 is 0. The molecule has 1 saturated heterocycles. The predicted molar refractivity (Wildman–Crippen MR) is 192 cm³/mol. The Balaban J connectivity index is 0.000000157. The van der Waals surface area contributed by atoms with Gasteiger partial charge in [-0.25, -0.2) is 19.6 Å². The quantitative estimate of drug-likeness (QED) is 0.281. The second-order valence-electron chi connectivity index (χ2n) is 13.0. The fraction of sp³-hybridized carbons (Fsp3) is 0.368. The minimum Gasteiger partial charge on any atom is -0.381 e. The largest absolute Gasteiger partial charge is 0.381 e. The maximum Gasteiger partial charge on any atom is 0.320 e. The molecule has 4 aromatic rings. The summed E-state index contributed by atoms with van der Waals surface area (Å²) in [5.41, 5.74) is 20.8. The molecule has 4 aromatic heterocycles. The maximum absolute atomic E-state index is 11.6. The normalized spacial score (nSPS) is 17.5. The Morgan fingerprint density at radius 3 is 1.78 bits per heavy atom. The van der Waals surface area contributed by atoms with Gasteiger partial charge < -0.3 is 20.9 Å². The number of ether oxygens (including phenoxy) is 2. The molecule has 1 fully saturated rings. The summed E-state index contributed by atoms with van der Waals surface area (Å²) in [5.74, 6) is 1.88. The smallest absolute Gasteiger partial charge is 0.320 e. The number of rotatable bonds is 4. The molecule has 258 valence electrons. The Kier molecular flexibility index (Phi) is 10.1. The van der Waals surface area contributed by atoms with Gasteiger partial charge in [-0.3, -0.25) is 19.8 Å². The lowest BCUT2D eigenvalue weighted by molar-refractivity contribution is 0.0853. The molecule has 8 rings (SSSR count). The van der Waals surface area contributed by atoms with E-state index < -0.39 is 12.1 Å². The third-order valence-electron chi connectivity index (χ3n) is 9.78. The van der Waals surface area contributed by atoms with Crippen molar-refractivity contribution in [3.63, 3.8) is 0 Å². The number of urea groups is 2. The van der Waals surface area contributed by atoms with Crippen molar-refractivity contribution in [2.75, 3.05) is 49.3 Å². The van der Waals surface area contributed by atoms with Crippen LogP contribution in [0, 0.1) is 0 Å². The van der Waals surface area contributed by atoms with Gasteiger partial charge in [0.15, 0.2) is 0 Å². The molecule has 0 unspecified atom stereocenters. The number of aryl methyl sites for hydroxylation is 2. The highest BCUT2D eigenvalue weighted by Crippen LogP contribution is 2.33. The van der Waals surface area contributed by atoms with Crippen LogP contribution in [0.15, 0.2) is 67.5 Å². The summed E-state index contributed by atoms with van der Waals surface area (Å²) in [6.45, 7) is 4.30. The number of aromatic nitrogens is 4. The molecule has 4 aliphatic rings. The van der Waals surface area contributed by atoms with Crippen LogP contribution in [0.3, 0.4) is 0 Å². The number of hydrogen-bond acceptors (Lipinski definition) is 8. The van der Waals surface area contributed by atoms with Gasteiger partial charge >= 0.3 is 12.1 Å². The lowest BCUT2D eigenvalue weighted by Gasteiger charge is -2.27. The highest BCUT2D eigenvalue weighted by molar-refractivity contribution is 5.92. The second kappa shape index (κ2) is 15.1. The summed E-state index contributed by atoms with van der Waals surface area (Å²) in [6.07, 6.45) is 19.9. The summed E-state index contributed by atoms with van der Waals surface area (Å²) < 4.78 is 10.8. The van der Waals surface area contributed by atoms with E-state index in [4.69, 9.17) is 20.9 Å². The Morgan fingerprint density at radius 2 is 1.20 bits per heavy atom. The minimum atomic E-state index is -0.448. The molecule has 12 nitrogen and oxygen atoms in total. The zero-order chi connectivity index (χ0) is 34.5. The van der Waals surface area contributed by atoms with Crippen molar-refractivity contribution in [2.24, 2.45) is 11.5 Å². The highest BCUT2D eigenvalue weighted by atomic mass is 16.5. The molecule has 4 aliphatic heterocycles. The van der Waals surface area contributed by atoms with Gasteiger partial charge in [0.05, 0.1) is 13.2 Å². The average Bonchev–Trinajstić information content (AvgIpc) is 3.18. The van der Waals surface area contributed by atoms with E-state index in [-0.39, 0.29) is 0 Å². The van der Waals surface area contributed by atoms with Crippen LogP contribution in [0.1, 0.15) is 60.3 Å². The van der Waals surface area contributed by atoms with Crippen molar-refractivity contribution >= 4 is 29.3 Å². The van der Waals surface area contributed by atoms with Crippen molar-refractivity contribution in [1.82, 2.24) is 19.9 Å². The maximum atomic E-state index is 11.6. The van der Waals surface area contributed by atoms with Gasteiger partial charge in [0.2, 0.25) is 0 Å². The highest BCUT2D eigenvalue weighted by Gasteiger charge is 2.24. The fourth-order valence-corrected chi connectivity index (χ4v) is 7.10. The Hall–Kier alpha value is -5.20. The second-order valence-corrected chi connectivity index (χ2v) is 13.0. The number of nitrogens with two attached hydrogens (primary N) is 2. The molecular weight excluding hydrogens is 632 g/mol. The van der Waals surface area contributed by atoms with Gasteiger partial charge in [-0.05, 0) is 103 Å². The molecule has 0 spiro atoms. The molecule has 0 radical (unpaired) electrons. The Bertz CT molecular complexity index is 1910. The number of amides is 4. The molecule has 50 heavy (non-hydrogen) atoms. The first kappa shape index (κ1) is 33.3. The molecule has 0 atom stereocenters. The standard InChI is InChI=1S/C19H22N4O2.C19H20N4O2/c2*20-19(24)23-5-1-2-14-8-17(12-22-18(14)23)16-9-15(10-21-11-16)13-3-6-25-7-4-13/h8-13H,1-7H2,(H2,20,24);3,8-12H,1-2,4-7H2,(H2,20,24). The van der Waals surface area contributed by atoms with E-state index in [1.165, 1.54) is 11.1 Å². The van der Waals surface area contributed by atoms with Gasteiger partial charge in [0.25, 0.3) is 0 Å². The van der Waals surface area contributed by atoms with E-state index in [0.29, 0.717) is 37.3 Å². The predicted octanol–water partition coefficient (Wildman–Crippen LogP) is 5.65. The zero-order valence-corrected chi connectivity index (χ0v) is 28.1. The first-order valence-corrected chi connectivity index (χ1v) is 17.3. The van der Waals surface area contributed by atoms with Crippen LogP contribution in [-0.4, -0.2) is 71.5 Å². The Morgan fingerprint density at radius 1 is 0.640 bits per heavy atom. The van der Waals surface area contributed by atoms with Crippen molar-refractivity contribution < 1.29 is 19.1 Å². The molecule has 8 heterocycles. The van der Waals surface area contributed by atoms with Crippen molar-refractivity contribution in [2.45, 2.75) is 50.9 Å². The number of pyridine rings is 4. The van der Waals surface area contributed by atoms with Gasteiger partial charge in [-0.1, -0.05) is 6.08 Å². The van der Waals surface area contributed by atoms with Crippen LogP contribution in [0.5, 0.6) is 0 Å². The van der Waals surface area contributed by atoms with Crippen LogP contribution in [-0.2, 0) is 22.3 Å². The van der Waals surface area contributed by atoms with Crippen molar-refractivity contribution in [3.8, 4) is 22.3 Å². The number of carbonyl (C=O) groups excluding carboxylic acids is 2. The van der Waals surface area contributed by atoms with E-state index in [1.54, 1.807) is 16.0 Å². The summed E-state index contributed by atoms with van der Waals surface area (Å²) in [5, 5.41) is 0. The van der Waals surface area contributed by atoms with Gasteiger partial charge in [0.1, 0.15) is 11.6 Å². The number of hydrogen-bond donors (Lipinski definition) is 2. The van der Waals surface area contributed by atoms with Crippen LogP contribution in [0.4, 0.5) is 21.2 Å². The molecule has 4 N–H and O–H groups in total. The minimum absolute atomic E-state index is 0.440. The fourth-order valence-electron chi connectivity index (χ4n) is 7.10. The number of fused-ring (bicyclic) bond motifs is 2. The lowest BCUT2D eigenvalue weighted by Crippen LogP contribution is -2.40. The molecule has 0 saturated carbocycles. The van der Waals surface area contributed by atoms with Gasteiger partial charge in [0, 0.05) is 85.7 Å². The molecule has 12 heteroatoms. The Labute approximate surface area is 291 Å². The van der Waals surface area contributed by atoms with E-state index in [1.807, 2.05) is 31.0 Å². The number of nitrogens with zero attached hydrogens (tertiary/aromatic N) is 6. The average molecular weight is 675 g/mol. The van der Waals surface area contributed by atoms with Crippen molar-refractivity contribution in [1.29, 1.82) is 0 Å². The summed E-state index contributed by atoms with van der Waals surface area (Å²) in [6, 6.07) is 7.67. The van der Waals surface area contributed by atoms with Gasteiger partial charge in [-0.15, -0.1) is 0 Å².